The zero-order valence-electron chi connectivity index (χ0n) is 15.9. The molecule has 0 saturated heterocycles. The molecule has 0 spiro atoms. The van der Waals surface area contributed by atoms with Crippen molar-refractivity contribution in [2.75, 3.05) is 10.6 Å². The van der Waals surface area contributed by atoms with Crippen molar-refractivity contribution in [1.82, 2.24) is 0 Å². The van der Waals surface area contributed by atoms with Gasteiger partial charge in [0.1, 0.15) is 10.0 Å². The van der Waals surface area contributed by atoms with E-state index in [1.54, 1.807) is 0 Å². The number of rotatable bonds is 6. The van der Waals surface area contributed by atoms with E-state index in [2.05, 4.69) is 10.6 Å². The molecule has 2 N–H and O–H groups in total. The van der Waals surface area contributed by atoms with Gasteiger partial charge in [-0.05, 0) is 48.5 Å². The molecular weight excluding hydrogens is 463 g/mol. The summed E-state index contributed by atoms with van der Waals surface area (Å²) >= 11 is 11.5. The molecule has 0 radical (unpaired) electrons. The molecule has 162 valence electrons. The smallest absolute Gasteiger partial charge is 0.288 e. The molecule has 0 fully saturated rings. The lowest BCUT2D eigenvalue weighted by Crippen LogP contribution is -2.13. The zero-order valence-corrected chi connectivity index (χ0v) is 17.4. The fourth-order valence-corrected chi connectivity index (χ4v) is 3.00. The van der Waals surface area contributed by atoms with Gasteiger partial charge in [-0.3, -0.25) is 29.8 Å². The molecule has 0 aliphatic heterocycles. The first-order valence-electron chi connectivity index (χ1n) is 8.76. The Morgan fingerprint density at radius 3 is 1.31 bits per heavy atom. The van der Waals surface area contributed by atoms with E-state index < -0.39 is 21.7 Å². The number of nitrogens with one attached hydrogen (secondary N) is 2. The molecular formula is C20H12Cl2N4O6. The van der Waals surface area contributed by atoms with Gasteiger partial charge >= 0.3 is 0 Å². The second kappa shape index (κ2) is 9.41. The predicted molar refractivity (Wildman–Crippen MR) is 119 cm³/mol. The van der Waals surface area contributed by atoms with Crippen LogP contribution < -0.4 is 10.6 Å². The standard InChI is InChI=1S/C20H12Cl2N4O6/c21-15-7-1-11(9-17(15)25(29)30)19(27)23-13-3-5-14(6-4-13)24-20(28)12-2-8-16(22)18(10-12)26(31)32/h1-10H,(H,23,27)(H,24,28). The van der Waals surface area contributed by atoms with Crippen LogP contribution in [0.15, 0.2) is 60.7 Å². The Bertz CT molecular complexity index is 1150. The first-order chi connectivity index (χ1) is 15.2. The van der Waals surface area contributed by atoms with Gasteiger partial charge < -0.3 is 10.6 Å². The minimum absolute atomic E-state index is 0.0443. The van der Waals surface area contributed by atoms with E-state index in [1.807, 2.05) is 0 Å². The number of nitro groups is 2. The van der Waals surface area contributed by atoms with Crippen LogP contribution in [0, 0.1) is 20.2 Å². The Morgan fingerprint density at radius 1 is 0.656 bits per heavy atom. The third-order valence-corrected chi connectivity index (χ3v) is 4.85. The van der Waals surface area contributed by atoms with Gasteiger partial charge in [0, 0.05) is 34.6 Å². The van der Waals surface area contributed by atoms with Crippen LogP contribution in [0.25, 0.3) is 0 Å². The van der Waals surface area contributed by atoms with Crippen LogP contribution in [-0.4, -0.2) is 21.7 Å². The largest absolute Gasteiger partial charge is 0.322 e. The van der Waals surface area contributed by atoms with Gasteiger partial charge in [-0.15, -0.1) is 0 Å². The van der Waals surface area contributed by atoms with Crippen molar-refractivity contribution in [2.24, 2.45) is 0 Å². The van der Waals surface area contributed by atoms with Gasteiger partial charge in [0.05, 0.1) is 9.85 Å². The van der Waals surface area contributed by atoms with E-state index in [0.717, 1.165) is 12.1 Å². The lowest BCUT2D eigenvalue weighted by atomic mass is 10.1. The maximum absolute atomic E-state index is 12.3. The van der Waals surface area contributed by atoms with Crippen molar-refractivity contribution in [3.8, 4) is 0 Å². The normalized spacial score (nSPS) is 10.3. The van der Waals surface area contributed by atoms with E-state index in [4.69, 9.17) is 23.2 Å². The van der Waals surface area contributed by atoms with Crippen molar-refractivity contribution in [1.29, 1.82) is 0 Å². The number of hydrogen-bond donors (Lipinski definition) is 2. The summed E-state index contributed by atoms with van der Waals surface area (Å²) in [6, 6.07) is 13.4. The van der Waals surface area contributed by atoms with Gasteiger partial charge in [-0.25, -0.2) is 0 Å². The third kappa shape index (κ3) is 5.17. The fraction of sp³-hybridized carbons (Fsp3) is 0. The van der Waals surface area contributed by atoms with Crippen LogP contribution in [0.2, 0.25) is 10.0 Å². The minimum atomic E-state index is -0.689. The average molecular weight is 475 g/mol. The first-order valence-corrected chi connectivity index (χ1v) is 9.52. The molecule has 0 aliphatic rings. The summed E-state index contributed by atoms with van der Waals surface area (Å²) < 4.78 is 0. The van der Waals surface area contributed by atoms with Gasteiger partial charge in [-0.1, -0.05) is 23.2 Å². The molecule has 0 aliphatic carbocycles. The third-order valence-electron chi connectivity index (χ3n) is 4.21. The summed E-state index contributed by atoms with van der Waals surface area (Å²) in [4.78, 5) is 45.3. The Kier molecular flexibility index (Phi) is 6.67. The second-order valence-electron chi connectivity index (χ2n) is 6.33. The molecule has 0 unspecified atom stereocenters. The monoisotopic (exact) mass is 474 g/mol. The fourth-order valence-electron chi connectivity index (χ4n) is 2.63. The number of carbonyl (C=O) groups is 2. The van der Waals surface area contributed by atoms with Crippen molar-refractivity contribution in [3.63, 3.8) is 0 Å². The van der Waals surface area contributed by atoms with Crippen molar-refractivity contribution in [3.05, 3.63) is 102 Å². The van der Waals surface area contributed by atoms with E-state index in [1.165, 1.54) is 48.5 Å². The summed E-state index contributed by atoms with van der Waals surface area (Å²) in [5.41, 5.74) is 0.0470. The molecule has 0 aromatic heterocycles. The molecule has 2 amide bonds. The van der Waals surface area contributed by atoms with E-state index >= 15 is 0 Å². The molecule has 3 rings (SSSR count). The van der Waals surface area contributed by atoms with Crippen molar-refractivity contribution in [2.45, 2.75) is 0 Å². The highest BCUT2D eigenvalue weighted by molar-refractivity contribution is 6.33. The molecule has 0 saturated carbocycles. The van der Waals surface area contributed by atoms with Crippen LogP contribution in [-0.2, 0) is 0 Å². The SMILES string of the molecule is O=C(Nc1ccc(NC(=O)c2ccc(Cl)c([N+](=O)[O-])c2)cc1)c1ccc(Cl)c([N+](=O)[O-])c1. The molecule has 12 heteroatoms. The van der Waals surface area contributed by atoms with E-state index in [-0.39, 0.29) is 32.5 Å². The van der Waals surface area contributed by atoms with Crippen LogP contribution in [0.1, 0.15) is 20.7 Å². The number of anilines is 2. The Morgan fingerprint density at radius 2 is 1.00 bits per heavy atom. The van der Waals surface area contributed by atoms with E-state index in [9.17, 15) is 29.8 Å². The van der Waals surface area contributed by atoms with Crippen molar-refractivity contribution >= 4 is 57.8 Å². The number of hydrogen-bond acceptors (Lipinski definition) is 6. The first kappa shape index (κ1) is 22.7. The summed E-state index contributed by atoms with van der Waals surface area (Å²) in [6.45, 7) is 0. The number of benzene rings is 3. The van der Waals surface area contributed by atoms with Gasteiger partial charge in [0.15, 0.2) is 0 Å². The Hall–Kier alpha value is -4.02. The van der Waals surface area contributed by atoms with Gasteiger partial charge in [0.25, 0.3) is 23.2 Å². The molecule has 3 aromatic rings. The maximum atomic E-state index is 12.3. The van der Waals surface area contributed by atoms with Crippen molar-refractivity contribution < 1.29 is 19.4 Å². The molecule has 0 heterocycles. The number of nitrogens with zero attached hydrogens (tertiary/aromatic N) is 2. The van der Waals surface area contributed by atoms with Crippen LogP contribution in [0.5, 0.6) is 0 Å². The molecule has 0 bridgehead atoms. The number of carbonyl (C=O) groups excluding carboxylic acids is 2. The highest BCUT2D eigenvalue weighted by Gasteiger charge is 2.18. The quantitative estimate of drug-likeness (QED) is 0.365. The second-order valence-corrected chi connectivity index (χ2v) is 7.15. The Balaban J connectivity index is 1.69. The molecule has 10 nitrogen and oxygen atoms in total. The minimum Gasteiger partial charge on any atom is -0.322 e. The molecule has 0 atom stereocenters. The van der Waals surface area contributed by atoms with Gasteiger partial charge in [-0.2, -0.15) is 0 Å². The number of nitro benzene ring substituents is 2. The van der Waals surface area contributed by atoms with E-state index in [0.29, 0.717) is 11.4 Å². The summed E-state index contributed by atoms with van der Waals surface area (Å²) in [7, 11) is 0. The topological polar surface area (TPSA) is 144 Å². The predicted octanol–water partition coefficient (Wildman–Crippen LogP) is 5.31. The Labute approximate surface area is 190 Å². The zero-order chi connectivity index (χ0) is 23.4. The molecule has 3 aromatic carbocycles. The highest BCUT2D eigenvalue weighted by atomic mass is 35.5. The lowest BCUT2D eigenvalue weighted by Gasteiger charge is -2.09. The average Bonchev–Trinajstić information content (AvgIpc) is 2.75. The maximum Gasteiger partial charge on any atom is 0.288 e. The van der Waals surface area contributed by atoms with Crippen LogP contribution in [0.3, 0.4) is 0 Å². The van der Waals surface area contributed by atoms with Crippen LogP contribution >= 0.6 is 23.2 Å². The van der Waals surface area contributed by atoms with Gasteiger partial charge in [0.2, 0.25) is 0 Å². The summed E-state index contributed by atoms with van der Waals surface area (Å²) in [5.74, 6) is -1.18. The highest BCUT2D eigenvalue weighted by Crippen LogP contribution is 2.27. The number of halogens is 2. The molecule has 32 heavy (non-hydrogen) atoms. The summed E-state index contributed by atoms with van der Waals surface area (Å²) in [5, 5.41) is 26.9. The summed E-state index contributed by atoms with van der Waals surface area (Å²) in [6.07, 6.45) is 0. The number of amides is 2. The van der Waals surface area contributed by atoms with Crippen LogP contribution in [0.4, 0.5) is 22.7 Å². The lowest BCUT2D eigenvalue weighted by molar-refractivity contribution is -0.384.